The highest BCUT2D eigenvalue weighted by atomic mass is 32.1. The van der Waals surface area contributed by atoms with E-state index in [1.165, 1.54) is 4.70 Å². The second-order valence-electron chi connectivity index (χ2n) is 7.08. The third kappa shape index (κ3) is 4.88. The fourth-order valence-corrected chi connectivity index (χ4v) is 4.31. The van der Waals surface area contributed by atoms with E-state index in [-0.39, 0.29) is 5.91 Å². The number of nitrogens with zero attached hydrogens (tertiary/aromatic N) is 3. The van der Waals surface area contributed by atoms with E-state index in [1.807, 2.05) is 35.2 Å². The number of carbonyl (C=O) groups is 1. The van der Waals surface area contributed by atoms with Crippen molar-refractivity contribution in [1.29, 1.82) is 0 Å². The standard InChI is InChI=1S/C22H26N6OS/c1-23-21(24-12-13-25-22-27-18-5-2-3-6-19(18)30-22)26-15-16-8-10-17(11-9-16)28-14-4-7-20(28)29/h2-3,5-6,8-11H,4,7,12-15H2,1H3,(H,25,27)(H2,23,24,26). The predicted molar refractivity (Wildman–Crippen MR) is 124 cm³/mol. The van der Waals surface area contributed by atoms with Gasteiger partial charge in [0.2, 0.25) is 5.91 Å². The van der Waals surface area contributed by atoms with Gasteiger partial charge in [-0.3, -0.25) is 9.79 Å². The fourth-order valence-electron chi connectivity index (χ4n) is 3.42. The summed E-state index contributed by atoms with van der Waals surface area (Å²) in [6.45, 7) is 2.96. The Morgan fingerprint density at radius 2 is 1.97 bits per heavy atom. The van der Waals surface area contributed by atoms with Crippen molar-refractivity contribution in [1.82, 2.24) is 15.6 Å². The second kappa shape index (κ2) is 9.58. The van der Waals surface area contributed by atoms with Crippen LogP contribution in [0.1, 0.15) is 18.4 Å². The Balaban J connectivity index is 1.20. The third-order valence-electron chi connectivity index (χ3n) is 4.99. The van der Waals surface area contributed by atoms with Crippen molar-refractivity contribution in [3.63, 3.8) is 0 Å². The molecule has 0 radical (unpaired) electrons. The van der Waals surface area contributed by atoms with Crippen molar-refractivity contribution in [3.05, 3.63) is 54.1 Å². The molecule has 156 valence electrons. The first-order valence-corrected chi connectivity index (χ1v) is 11.0. The van der Waals surface area contributed by atoms with E-state index in [4.69, 9.17) is 0 Å². The van der Waals surface area contributed by atoms with Crippen molar-refractivity contribution in [3.8, 4) is 0 Å². The molecule has 0 aliphatic carbocycles. The maximum Gasteiger partial charge on any atom is 0.227 e. The number of para-hydroxylation sites is 1. The minimum atomic E-state index is 0.213. The molecule has 0 unspecified atom stereocenters. The summed E-state index contributed by atoms with van der Waals surface area (Å²) >= 11 is 1.66. The van der Waals surface area contributed by atoms with Gasteiger partial charge >= 0.3 is 0 Å². The Bertz CT molecular complexity index is 997. The Morgan fingerprint density at radius 3 is 2.70 bits per heavy atom. The molecule has 3 aromatic rings. The van der Waals surface area contributed by atoms with Crippen LogP contribution in [-0.4, -0.2) is 43.5 Å². The van der Waals surface area contributed by atoms with Crippen molar-refractivity contribution >= 4 is 44.2 Å². The maximum absolute atomic E-state index is 11.9. The van der Waals surface area contributed by atoms with Gasteiger partial charge in [0.1, 0.15) is 0 Å². The highest BCUT2D eigenvalue weighted by Gasteiger charge is 2.21. The smallest absolute Gasteiger partial charge is 0.227 e. The molecule has 1 aromatic heterocycles. The number of aromatic nitrogens is 1. The van der Waals surface area contributed by atoms with Crippen LogP contribution in [0.5, 0.6) is 0 Å². The van der Waals surface area contributed by atoms with E-state index in [9.17, 15) is 4.79 Å². The van der Waals surface area contributed by atoms with Gasteiger partial charge in [-0.05, 0) is 36.2 Å². The molecule has 0 spiro atoms. The first-order chi connectivity index (χ1) is 14.7. The molecule has 4 rings (SSSR count). The molecular formula is C22H26N6OS. The minimum Gasteiger partial charge on any atom is -0.360 e. The summed E-state index contributed by atoms with van der Waals surface area (Å²) in [5.74, 6) is 0.963. The number of amides is 1. The number of hydrogen-bond acceptors (Lipinski definition) is 5. The third-order valence-corrected chi connectivity index (χ3v) is 5.99. The Morgan fingerprint density at radius 1 is 1.13 bits per heavy atom. The minimum absolute atomic E-state index is 0.213. The van der Waals surface area contributed by atoms with Crippen LogP contribution in [0.25, 0.3) is 10.2 Å². The summed E-state index contributed by atoms with van der Waals surface area (Å²) in [5.41, 5.74) is 3.14. The average Bonchev–Trinajstić information content (AvgIpc) is 3.39. The molecule has 2 heterocycles. The number of carbonyl (C=O) groups excluding carboxylic acids is 1. The molecule has 30 heavy (non-hydrogen) atoms. The molecule has 1 fully saturated rings. The molecule has 0 bridgehead atoms. The molecule has 7 nitrogen and oxygen atoms in total. The SMILES string of the molecule is CN=C(NCCNc1nc2ccccc2s1)NCc1ccc(N2CCCC2=O)cc1. The van der Waals surface area contributed by atoms with Gasteiger partial charge in [-0.1, -0.05) is 35.6 Å². The van der Waals surface area contributed by atoms with Crippen LogP contribution in [0, 0.1) is 0 Å². The second-order valence-corrected chi connectivity index (χ2v) is 8.11. The van der Waals surface area contributed by atoms with E-state index in [0.29, 0.717) is 13.0 Å². The number of anilines is 2. The van der Waals surface area contributed by atoms with Crippen molar-refractivity contribution in [2.45, 2.75) is 19.4 Å². The van der Waals surface area contributed by atoms with Crippen LogP contribution in [0.15, 0.2) is 53.5 Å². The zero-order chi connectivity index (χ0) is 20.8. The first-order valence-electron chi connectivity index (χ1n) is 10.2. The van der Waals surface area contributed by atoms with Gasteiger partial charge < -0.3 is 20.9 Å². The lowest BCUT2D eigenvalue weighted by atomic mass is 10.2. The summed E-state index contributed by atoms with van der Waals surface area (Å²) in [7, 11) is 1.76. The number of rotatable bonds is 7. The number of fused-ring (bicyclic) bond motifs is 1. The number of hydrogen-bond donors (Lipinski definition) is 3. The summed E-state index contributed by atoms with van der Waals surface area (Å²) in [6.07, 6.45) is 1.59. The predicted octanol–water partition coefficient (Wildman–Crippen LogP) is 3.20. The van der Waals surface area contributed by atoms with Crippen LogP contribution in [-0.2, 0) is 11.3 Å². The largest absolute Gasteiger partial charge is 0.360 e. The number of benzene rings is 2. The van der Waals surface area contributed by atoms with Crippen molar-refractivity contribution in [2.75, 3.05) is 36.9 Å². The quantitative estimate of drug-likeness (QED) is 0.309. The number of nitrogens with one attached hydrogen (secondary N) is 3. The maximum atomic E-state index is 11.9. The number of guanidine groups is 1. The first kappa shape index (κ1) is 20.2. The summed E-state index contributed by atoms with van der Waals surface area (Å²) < 4.78 is 1.19. The molecule has 1 amide bonds. The zero-order valence-corrected chi connectivity index (χ0v) is 17.8. The Labute approximate surface area is 180 Å². The molecule has 0 atom stereocenters. The van der Waals surface area contributed by atoms with E-state index < -0.39 is 0 Å². The normalized spacial score (nSPS) is 14.4. The number of thiazole rings is 1. The highest BCUT2D eigenvalue weighted by Crippen LogP contribution is 2.25. The van der Waals surface area contributed by atoms with Gasteiger partial charge in [0.05, 0.1) is 10.2 Å². The van der Waals surface area contributed by atoms with E-state index in [2.05, 4.69) is 44.1 Å². The van der Waals surface area contributed by atoms with Crippen LogP contribution >= 0.6 is 11.3 Å². The molecule has 0 saturated carbocycles. The lowest BCUT2D eigenvalue weighted by Crippen LogP contribution is -2.39. The van der Waals surface area contributed by atoms with Crippen molar-refractivity contribution < 1.29 is 4.79 Å². The Kier molecular flexibility index (Phi) is 6.44. The summed E-state index contributed by atoms with van der Waals surface area (Å²) in [5, 5.41) is 10.9. The Hall–Kier alpha value is -3.13. The zero-order valence-electron chi connectivity index (χ0n) is 17.0. The molecule has 3 N–H and O–H groups in total. The van der Waals surface area contributed by atoms with Crippen LogP contribution in [0.3, 0.4) is 0 Å². The monoisotopic (exact) mass is 422 g/mol. The van der Waals surface area contributed by atoms with E-state index in [1.54, 1.807) is 18.4 Å². The van der Waals surface area contributed by atoms with Gasteiger partial charge in [-0.2, -0.15) is 0 Å². The molecule has 2 aromatic carbocycles. The lowest BCUT2D eigenvalue weighted by Gasteiger charge is -2.16. The molecule has 1 aliphatic rings. The average molecular weight is 423 g/mol. The summed E-state index contributed by atoms with van der Waals surface area (Å²) in [4.78, 5) is 22.6. The molecular weight excluding hydrogens is 396 g/mol. The number of aliphatic imine (C=N–C) groups is 1. The topological polar surface area (TPSA) is 81.7 Å². The summed E-state index contributed by atoms with van der Waals surface area (Å²) in [6, 6.07) is 16.3. The van der Waals surface area contributed by atoms with Gasteiger partial charge in [0, 0.05) is 45.3 Å². The molecule has 1 aliphatic heterocycles. The van der Waals surface area contributed by atoms with E-state index >= 15 is 0 Å². The molecule has 1 saturated heterocycles. The van der Waals surface area contributed by atoms with Gasteiger partial charge in [0.15, 0.2) is 11.1 Å². The van der Waals surface area contributed by atoms with Crippen LogP contribution in [0.2, 0.25) is 0 Å². The van der Waals surface area contributed by atoms with Crippen LogP contribution < -0.4 is 20.9 Å². The highest BCUT2D eigenvalue weighted by molar-refractivity contribution is 7.22. The van der Waals surface area contributed by atoms with E-state index in [0.717, 1.165) is 53.9 Å². The van der Waals surface area contributed by atoms with Gasteiger partial charge in [0.25, 0.3) is 0 Å². The van der Waals surface area contributed by atoms with Crippen LogP contribution in [0.4, 0.5) is 10.8 Å². The van der Waals surface area contributed by atoms with Crippen molar-refractivity contribution in [2.24, 2.45) is 4.99 Å². The lowest BCUT2D eigenvalue weighted by molar-refractivity contribution is -0.117. The van der Waals surface area contributed by atoms with Gasteiger partial charge in [-0.25, -0.2) is 4.98 Å². The molecule has 8 heteroatoms. The fraction of sp³-hybridized carbons (Fsp3) is 0.318. The van der Waals surface area contributed by atoms with Gasteiger partial charge in [-0.15, -0.1) is 0 Å².